The quantitative estimate of drug-likeness (QED) is 0.163. The lowest BCUT2D eigenvalue weighted by molar-refractivity contribution is 0.483. The molecule has 5 heteroatoms. The number of benzene rings is 7. The van der Waals surface area contributed by atoms with E-state index in [1.165, 1.54) is 0 Å². The van der Waals surface area contributed by atoms with Crippen molar-refractivity contribution in [3.8, 4) is 39.6 Å². The summed E-state index contributed by atoms with van der Waals surface area (Å²) < 4.78 is 52.4. The third-order valence-electron chi connectivity index (χ3n) is 10.7. The molecule has 0 atom stereocenters. The molecule has 7 aromatic carbocycles. The van der Waals surface area contributed by atoms with E-state index in [0.29, 0.717) is 51.8 Å². The number of hydrogen-bond acceptors (Lipinski definition) is 4. The molecule has 0 spiro atoms. The van der Waals surface area contributed by atoms with Crippen molar-refractivity contribution in [3.63, 3.8) is 0 Å². The Labute approximate surface area is 340 Å². The fraction of sp³-hybridized carbons (Fsp3) is 0.0962. The molecule has 276 valence electrons. The standard InChI is InChI=1S/C52H42N4O/c1-52(2,3)38-30-31-53-50(32-38)56-46-25-11-10-22-44(46)45-29-28-41(34-49(45)56)57-40-21-14-20-39(33-40)54-35-55(48-27-13-12-26-47(48)54)51-42(36-16-6-4-7-17-36)23-15-24-43(51)37-18-8-5-9-19-37/h4-34H,35H2,1-3H3/i10D,11D,15D,22D,25D. The van der Waals surface area contributed by atoms with Crippen molar-refractivity contribution in [3.05, 3.63) is 194 Å². The fourth-order valence-electron chi connectivity index (χ4n) is 7.94. The van der Waals surface area contributed by atoms with Gasteiger partial charge in [0.2, 0.25) is 0 Å². The van der Waals surface area contributed by atoms with E-state index in [1.807, 2.05) is 102 Å². The Balaban J connectivity index is 1.07. The lowest BCUT2D eigenvalue weighted by Crippen LogP contribution is -2.24. The van der Waals surface area contributed by atoms with E-state index in [1.54, 1.807) is 6.20 Å². The monoisotopic (exact) mass is 743 g/mol. The number of ether oxygens (including phenoxy) is 1. The van der Waals surface area contributed by atoms with Crippen LogP contribution in [0.4, 0.5) is 22.7 Å². The lowest BCUT2D eigenvalue weighted by Gasteiger charge is -2.27. The first-order chi connectivity index (χ1) is 30.0. The molecule has 1 aliphatic heterocycles. The third-order valence-corrected chi connectivity index (χ3v) is 10.7. The highest BCUT2D eigenvalue weighted by molar-refractivity contribution is 6.09. The van der Waals surface area contributed by atoms with Crippen molar-refractivity contribution in [1.29, 1.82) is 0 Å². The molecule has 3 heterocycles. The first-order valence-electron chi connectivity index (χ1n) is 21.6. The molecule has 0 radical (unpaired) electrons. The van der Waals surface area contributed by atoms with Gasteiger partial charge in [-0.15, -0.1) is 0 Å². The summed E-state index contributed by atoms with van der Waals surface area (Å²) in [5.41, 5.74) is 9.95. The van der Waals surface area contributed by atoms with E-state index in [9.17, 15) is 0 Å². The minimum Gasteiger partial charge on any atom is -0.457 e. The molecule has 0 fully saturated rings. The summed E-state index contributed by atoms with van der Waals surface area (Å²) in [6, 6.07) is 50.1. The van der Waals surface area contributed by atoms with Gasteiger partial charge in [-0.25, -0.2) is 4.98 Å². The Bertz CT molecular complexity index is 3140. The molecule has 1 aliphatic rings. The van der Waals surface area contributed by atoms with Crippen LogP contribution in [0.3, 0.4) is 0 Å². The van der Waals surface area contributed by atoms with Gasteiger partial charge in [0.1, 0.15) is 24.0 Å². The fourth-order valence-corrected chi connectivity index (χ4v) is 7.94. The number of nitrogens with zero attached hydrogens (tertiary/aromatic N) is 4. The Morgan fingerprint density at radius 1 is 0.579 bits per heavy atom. The minimum atomic E-state index is -0.296. The summed E-state index contributed by atoms with van der Waals surface area (Å²) in [6.45, 7) is 6.89. The Morgan fingerprint density at radius 3 is 1.96 bits per heavy atom. The SMILES string of the molecule is [2H]c1cc(-c2ccccc2)c(N2CN(c3cccc(Oc4ccc5c6c([2H])c([2H])c([2H])c([2H])c6n(-c6cc(C(C)(C)C)ccn6)c5c4)c3)c3ccccc32)c(-c2ccccc2)c1. The van der Waals surface area contributed by atoms with Gasteiger partial charge in [0.05, 0.1) is 34.9 Å². The van der Waals surface area contributed by atoms with E-state index in [0.717, 1.165) is 50.6 Å². The summed E-state index contributed by atoms with van der Waals surface area (Å²) in [4.78, 5) is 9.35. The van der Waals surface area contributed by atoms with Gasteiger partial charge >= 0.3 is 0 Å². The Morgan fingerprint density at radius 2 is 1.25 bits per heavy atom. The zero-order valence-electron chi connectivity index (χ0n) is 36.9. The van der Waals surface area contributed by atoms with Crippen molar-refractivity contribution in [2.24, 2.45) is 0 Å². The maximum Gasteiger partial charge on any atom is 0.137 e. The average molecular weight is 744 g/mol. The second kappa shape index (κ2) is 13.9. The molecule has 0 amide bonds. The topological polar surface area (TPSA) is 33.5 Å². The Hall–Kier alpha value is -7.11. The molecule has 0 saturated heterocycles. The molecule has 0 N–H and O–H groups in total. The second-order valence-electron chi connectivity index (χ2n) is 15.3. The summed E-state index contributed by atoms with van der Waals surface area (Å²) in [6.07, 6.45) is 1.75. The van der Waals surface area contributed by atoms with Gasteiger partial charge in [0.25, 0.3) is 0 Å². The predicted octanol–water partition coefficient (Wildman–Crippen LogP) is 13.8. The molecule has 0 unspecified atom stereocenters. The number of anilines is 4. The summed E-state index contributed by atoms with van der Waals surface area (Å²) in [5.74, 6) is 1.72. The maximum absolute atomic E-state index is 9.02. The number of para-hydroxylation sites is 4. The second-order valence-corrected chi connectivity index (χ2v) is 15.3. The van der Waals surface area contributed by atoms with Crippen molar-refractivity contribution >= 4 is 44.6 Å². The molecule has 0 saturated carbocycles. The smallest absolute Gasteiger partial charge is 0.137 e. The van der Waals surface area contributed by atoms with Crippen LogP contribution < -0.4 is 14.5 Å². The number of rotatable bonds is 7. The number of hydrogen-bond donors (Lipinski definition) is 0. The number of fused-ring (bicyclic) bond motifs is 4. The zero-order valence-corrected chi connectivity index (χ0v) is 31.9. The largest absolute Gasteiger partial charge is 0.457 e. The molecule has 5 nitrogen and oxygen atoms in total. The van der Waals surface area contributed by atoms with E-state index in [2.05, 4.69) is 85.2 Å². The normalized spacial score (nSPS) is 13.9. The van der Waals surface area contributed by atoms with E-state index < -0.39 is 0 Å². The number of aromatic nitrogens is 2. The van der Waals surface area contributed by atoms with E-state index in [-0.39, 0.29) is 29.6 Å². The molecule has 0 bridgehead atoms. The molecular weight excluding hydrogens is 697 g/mol. The summed E-state index contributed by atoms with van der Waals surface area (Å²) >= 11 is 0. The highest BCUT2D eigenvalue weighted by Crippen LogP contribution is 2.50. The summed E-state index contributed by atoms with van der Waals surface area (Å²) in [7, 11) is 0. The van der Waals surface area contributed by atoms with Crippen molar-refractivity contribution in [2.45, 2.75) is 26.2 Å². The predicted molar refractivity (Wildman–Crippen MR) is 237 cm³/mol. The van der Waals surface area contributed by atoms with Crippen LogP contribution >= 0.6 is 0 Å². The zero-order chi connectivity index (χ0) is 42.9. The molecular formula is C52H42N4O. The molecule has 0 aliphatic carbocycles. The van der Waals surface area contributed by atoms with Crippen LogP contribution in [0.1, 0.15) is 33.2 Å². The highest BCUT2D eigenvalue weighted by atomic mass is 16.5. The van der Waals surface area contributed by atoms with Gasteiger partial charge in [-0.1, -0.05) is 136 Å². The van der Waals surface area contributed by atoms with Gasteiger partial charge in [0, 0.05) is 45.9 Å². The maximum atomic E-state index is 9.02. The van der Waals surface area contributed by atoms with Crippen LogP contribution in [0.25, 0.3) is 49.9 Å². The minimum absolute atomic E-state index is 0.0968. The first-order valence-corrected chi connectivity index (χ1v) is 19.1. The van der Waals surface area contributed by atoms with Gasteiger partial charge in [-0.05, 0) is 76.7 Å². The molecule has 9 aromatic rings. The first kappa shape index (κ1) is 29.2. The highest BCUT2D eigenvalue weighted by Gasteiger charge is 2.31. The molecule has 57 heavy (non-hydrogen) atoms. The van der Waals surface area contributed by atoms with Crippen LogP contribution in [0.15, 0.2) is 188 Å². The van der Waals surface area contributed by atoms with Gasteiger partial charge in [0.15, 0.2) is 0 Å². The van der Waals surface area contributed by atoms with Crippen molar-refractivity contribution in [1.82, 2.24) is 9.55 Å². The van der Waals surface area contributed by atoms with Gasteiger partial charge in [-0.3, -0.25) is 4.57 Å². The van der Waals surface area contributed by atoms with Crippen LogP contribution in [-0.2, 0) is 5.41 Å². The summed E-state index contributed by atoms with van der Waals surface area (Å²) in [5, 5.41) is 1.11. The van der Waals surface area contributed by atoms with Crippen molar-refractivity contribution < 1.29 is 11.6 Å². The van der Waals surface area contributed by atoms with Crippen LogP contribution in [0.5, 0.6) is 11.5 Å². The van der Waals surface area contributed by atoms with E-state index >= 15 is 0 Å². The van der Waals surface area contributed by atoms with Crippen LogP contribution in [0, 0.1) is 0 Å². The number of pyridine rings is 1. The van der Waals surface area contributed by atoms with Gasteiger partial charge < -0.3 is 14.5 Å². The third kappa shape index (κ3) is 6.18. The molecule has 2 aromatic heterocycles. The van der Waals surface area contributed by atoms with E-state index in [4.69, 9.17) is 16.6 Å². The average Bonchev–Trinajstić information content (AvgIpc) is 3.84. The van der Waals surface area contributed by atoms with Gasteiger partial charge in [-0.2, -0.15) is 0 Å². The Kier molecular flexibility index (Phi) is 7.11. The van der Waals surface area contributed by atoms with Crippen molar-refractivity contribution in [2.75, 3.05) is 16.5 Å². The molecule has 10 rings (SSSR count). The van der Waals surface area contributed by atoms with Crippen LogP contribution in [0.2, 0.25) is 0 Å². The van der Waals surface area contributed by atoms with Crippen LogP contribution in [-0.4, -0.2) is 16.2 Å². The lowest BCUT2D eigenvalue weighted by atomic mass is 9.88.